The zero-order valence-electron chi connectivity index (χ0n) is 15.2. The largest absolute Gasteiger partial charge is 0.488 e. The lowest BCUT2D eigenvalue weighted by Crippen LogP contribution is -2.00. The third-order valence-corrected chi connectivity index (χ3v) is 4.49. The summed E-state index contributed by atoms with van der Waals surface area (Å²) in [5.74, 6) is 1.03. The fraction of sp³-hybridized carbons (Fsp3) is 0.136. The van der Waals surface area contributed by atoms with E-state index in [9.17, 15) is 4.39 Å². The highest BCUT2D eigenvalue weighted by atomic mass is 19.1. The smallest absolute Gasteiger partial charge is 0.152 e. The maximum atomic E-state index is 14.6. The molecule has 0 aliphatic carbocycles. The van der Waals surface area contributed by atoms with Crippen LogP contribution in [0, 0.1) is 12.7 Å². The molecule has 0 aliphatic heterocycles. The monoisotopic (exact) mass is 361 g/mol. The van der Waals surface area contributed by atoms with Crippen LogP contribution in [0.4, 0.5) is 15.9 Å². The standard InChI is InChI=1S/C22H20FN3O/c1-15-8-9-17-18(22(15)27-14-16-6-4-3-5-7-16)10-11-19(23)21(17)24-20-12-13-26(2)25-20/h3-13H,14H2,1-2H3,(H,24,25). The van der Waals surface area contributed by atoms with E-state index in [1.807, 2.05) is 62.6 Å². The third-order valence-electron chi connectivity index (χ3n) is 4.49. The number of hydrogen-bond acceptors (Lipinski definition) is 3. The lowest BCUT2D eigenvalue weighted by molar-refractivity contribution is 0.308. The molecule has 5 heteroatoms. The maximum absolute atomic E-state index is 14.6. The Morgan fingerprint density at radius 3 is 2.52 bits per heavy atom. The normalized spacial score (nSPS) is 10.9. The molecule has 0 spiro atoms. The van der Waals surface area contributed by atoms with Crippen molar-refractivity contribution < 1.29 is 9.13 Å². The first-order chi connectivity index (χ1) is 13.1. The highest BCUT2D eigenvalue weighted by molar-refractivity contribution is 5.99. The number of nitrogens with zero attached hydrogens (tertiary/aromatic N) is 2. The Hall–Kier alpha value is -3.34. The zero-order valence-corrected chi connectivity index (χ0v) is 15.2. The summed E-state index contributed by atoms with van der Waals surface area (Å²) in [5.41, 5.74) is 2.49. The van der Waals surface area contributed by atoms with Gasteiger partial charge >= 0.3 is 0 Å². The molecule has 0 saturated heterocycles. The molecular weight excluding hydrogens is 341 g/mol. The van der Waals surface area contributed by atoms with E-state index in [0.717, 1.165) is 27.6 Å². The Morgan fingerprint density at radius 1 is 1.00 bits per heavy atom. The van der Waals surface area contributed by atoms with Crippen molar-refractivity contribution in [3.63, 3.8) is 0 Å². The highest BCUT2D eigenvalue weighted by Gasteiger charge is 2.14. The van der Waals surface area contributed by atoms with Crippen molar-refractivity contribution in [1.82, 2.24) is 9.78 Å². The van der Waals surface area contributed by atoms with Gasteiger partial charge in [0.05, 0.1) is 5.69 Å². The molecule has 136 valence electrons. The van der Waals surface area contributed by atoms with Crippen molar-refractivity contribution in [2.45, 2.75) is 13.5 Å². The summed E-state index contributed by atoms with van der Waals surface area (Å²) in [6.07, 6.45) is 1.81. The van der Waals surface area contributed by atoms with Crippen molar-refractivity contribution in [1.29, 1.82) is 0 Å². The Balaban J connectivity index is 1.74. The fourth-order valence-electron chi connectivity index (χ4n) is 3.12. The van der Waals surface area contributed by atoms with Crippen LogP contribution in [0.25, 0.3) is 10.8 Å². The van der Waals surface area contributed by atoms with Crippen LogP contribution in [0.15, 0.2) is 66.9 Å². The van der Waals surface area contributed by atoms with E-state index < -0.39 is 0 Å². The van der Waals surface area contributed by atoms with E-state index in [0.29, 0.717) is 18.1 Å². The van der Waals surface area contributed by atoms with E-state index in [2.05, 4.69) is 10.4 Å². The van der Waals surface area contributed by atoms with Gasteiger partial charge < -0.3 is 10.1 Å². The second kappa shape index (κ2) is 7.11. The third kappa shape index (κ3) is 3.49. The molecule has 0 fully saturated rings. The number of nitrogens with one attached hydrogen (secondary N) is 1. The van der Waals surface area contributed by atoms with E-state index in [-0.39, 0.29) is 5.82 Å². The topological polar surface area (TPSA) is 39.1 Å². The van der Waals surface area contributed by atoms with Crippen LogP contribution in [0.2, 0.25) is 0 Å². The minimum atomic E-state index is -0.328. The lowest BCUT2D eigenvalue weighted by atomic mass is 10.0. The van der Waals surface area contributed by atoms with Gasteiger partial charge in [0.2, 0.25) is 0 Å². The second-order valence-electron chi connectivity index (χ2n) is 6.50. The zero-order chi connectivity index (χ0) is 18.8. The number of benzene rings is 3. The number of anilines is 2. The van der Waals surface area contributed by atoms with E-state index in [1.165, 1.54) is 6.07 Å². The van der Waals surface area contributed by atoms with Crippen LogP contribution in [0.1, 0.15) is 11.1 Å². The molecule has 1 heterocycles. The Labute approximate surface area is 157 Å². The predicted molar refractivity (Wildman–Crippen MR) is 106 cm³/mol. The first-order valence-corrected chi connectivity index (χ1v) is 8.77. The lowest BCUT2D eigenvalue weighted by Gasteiger charge is -2.15. The maximum Gasteiger partial charge on any atom is 0.152 e. The van der Waals surface area contributed by atoms with Gasteiger partial charge in [0.15, 0.2) is 5.82 Å². The number of hydrogen-bond donors (Lipinski definition) is 1. The molecule has 1 N–H and O–H groups in total. The molecule has 0 atom stereocenters. The molecule has 0 bridgehead atoms. The predicted octanol–water partition coefficient (Wildman–Crippen LogP) is 5.34. The number of ether oxygens (including phenoxy) is 1. The summed E-state index contributed by atoms with van der Waals surface area (Å²) < 4.78 is 22.3. The molecule has 0 aliphatic rings. The molecule has 0 saturated carbocycles. The summed E-state index contributed by atoms with van der Waals surface area (Å²) in [4.78, 5) is 0. The number of fused-ring (bicyclic) bond motifs is 1. The molecule has 4 nitrogen and oxygen atoms in total. The average Bonchev–Trinajstić information content (AvgIpc) is 3.09. The highest BCUT2D eigenvalue weighted by Crippen LogP contribution is 2.36. The molecule has 0 amide bonds. The SMILES string of the molecule is Cc1ccc2c(Nc3ccn(C)n3)c(F)ccc2c1OCc1ccccc1. The first-order valence-electron chi connectivity index (χ1n) is 8.77. The molecule has 4 aromatic rings. The quantitative estimate of drug-likeness (QED) is 0.521. The Bertz CT molecular complexity index is 1090. The molecular formula is C22H20FN3O. The van der Waals surface area contributed by atoms with Crippen LogP contribution in [-0.4, -0.2) is 9.78 Å². The van der Waals surface area contributed by atoms with Gasteiger partial charge in [0.25, 0.3) is 0 Å². The van der Waals surface area contributed by atoms with Gasteiger partial charge in [-0.15, -0.1) is 0 Å². The summed E-state index contributed by atoms with van der Waals surface area (Å²) in [6, 6.07) is 18.9. The van der Waals surface area contributed by atoms with Crippen molar-refractivity contribution in [2.75, 3.05) is 5.32 Å². The Kier molecular flexibility index (Phi) is 4.50. The van der Waals surface area contributed by atoms with Gasteiger partial charge in [0, 0.05) is 30.1 Å². The minimum Gasteiger partial charge on any atom is -0.488 e. The average molecular weight is 361 g/mol. The number of halogens is 1. The molecule has 1 aromatic heterocycles. The van der Waals surface area contributed by atoms with Crippen LogP contribution in [0.5, 0.6) is 5.75 Å². The van der Waals surface area contributed by atoms with Crippen molar-refractivity contribution in [3.8, 4) is 5.75 Å². The number of aromatic nitrogens is 2. The van der Waals surface area contributed by atoms with Crippen LogP contribution < -0.4 is 10.1 Å². The van der Waals surface area contributed by atoms with Crippen molar-refractivity contribution in [3.05, 3.63) is 83.8 Å². The van der Waals surface area contributed by atoms with Gasteiger partial charge in [-0.05, 0) is 30.2 Å². The minimum absolute atomic E-state index is 0.328. The van der Waals surface area contributed by atoms with Gasteiger partial charge in [-0.1, -0.05) is 42.5 Å². The van der Waals surface area contributed by atoms with Gasteiger partial charge in [-0.3, -0.25) is 4.68 Å². The van der Waals surface area contributed by atoms with Gasteiger partial charge in [0.1, 0.15) is 18.2 Å². The first kappa shape index (κ1) is 17.1. The molecule has 4 rings (SSSR count). The van der Waals surface area contributed by atoms with Crippen LogP contribution >= 0.6 is 0 Å². The number of rotatable bonds is 5. The summed E-state index contributed by atoms with van der Waals surface area (Å²) in [7, 11) is 1.82. The summed E-state index contributed by atoms with van der Waals surface area (Å²) >= 11 is 0. The molecule has 0 unspecified atom stereocenters. The fourth-order valence-corrected chi connectivity index (χ4v) is 3.12. The molecule has 27 heavy (non-hydrogen) atoms. The van der Waals surface area contributed by atoms with Gasteiger partial charge in [-0.25, -0.2) is 4.39 Å². The van der Waals surface area contributed by atoms with Gasteiger partial charge in [-0.2, -0.15) is 5.10 Å². The summed E-state index contributed by atoms with van der Waals surface area (Å²) in [6.45, 7) is 2.45. The van der Waals surface area contributed by atoms with Crippen molar-refractivity contribution in [2.24, 2.45) is 7.05 Å². The molecule has 3 aromatic carbocycles. The van der Waals surface area contributed by atoms with E-state index in [1.54, 1.807) is 16.8 Å². The van der Waals surface area contributed by atoms with Crippen LogP contribution in [-0.2, 0) is 13.7 Å². The second-order valence-corrected chi connectivity index (χ2v) is 6.50. The van der Waals surface area contributed by atoms with E-state index in [4.69, 9.17) is 4.74 Å². The number of aryl methyl sites for hydroxylation is 2. The summed E-state index contributed by atoms with van der Waals surface area (Å²) in [5, 5.41) is 9.00. The molecule has 0 radical (unpaired) electrons. The van der Waals surface area contributed by atoms with Crippen molar-refractivity contribution >= 4 is 22.3 Å². The Morgan fingerprint density at radius 2 is 1.78 bits per heavy atom. The van der Waals surface area contributed by atoms with E-state index >= 15 is 0 Å². The van der Waals surface area contributed by atoms with Crippen LogP contribution in [0.3, 0.4) is 0 Å².